The maximum Gasteiger partial charge on any atom is 0.321 e. The van der Waals surface area contributed by atoms with Crippen LogP contribution in [0.2, 0.25) is 0 Å². The summed E-state index contributed by atoms with van der Waals surface area (Å²) < 4.78 is 5.80. The number of anilines is 1. The van der Waals surface area contributed by atoms with Crippen LogP contribution in [0.5, 0.6) is 5.75 Å². The lowest BCUT2D eigenvalue weighted by atomic mass is 9.95. The van der Waals surface area contributed by atoms with Crippen LogP contribution in [0.1, 0.15) is 18.4 Å². The fourth-order valence-electron chi connectivity index (χ4n) is 3.49. The average molecular weight is 396 g/mol. The Morgan fingerprint density at radius 2 is 1.72 bits per heavy atom. The number of carbonyl (C=O) groups excluding carboxylic acids is 2. The topological polar surface area (TPSA) is 61.9 Å². The summed E-state index contributed by atoms with van der Waals surface area (Å²) in [7, 11) is 1.82. The van der Waals surface area contributed by atoms with E-state index in [1.165, 1.54) is 0 Å². The van der Waals surface area contributed by atoms with Crippen molar-refractivity contribution in [2.45, 2.75) is 19.8 Å². The molecule has 2 aromatic carbocycles. The Balaban J connectivity index is 1.41. The van der Waals surface area contributed by atoms with Crippen molar-refractivity contribution in [3.8, 4) is 5.75 Å². The Morgan fingerprint density at radius 1 is 1.07 bits per heavy atom. The molecule has 6 heteroatoms. The van der Waals surface area contributed by atoms with Gasteiger partial charge >= 0.3 is 6.03 Å². The Kier molecular flexibility index (Phi) is 7.11. The third-order valence-electron chi connectivity index (χ3n) is 5.31. The molecule has 1 saturated heterocycles. The van der Waals surface area contributed by atoms with E-state index < -0.39 is 0 Å². The first-order valence-electron chi connectivity index (χ1n) is 10.1. The third kappa shape index (κ3) is 5.73. The maximum atomic E-state index is 12.7. The lowest BCUT2D eigenvalue weighted by Crippen LogP contribution is -2.45. The fourth-order valence-corrected chi connectivity index (χ4v) is 3.49. The third-order valence-corrected chi connectivity index (χ3v) is 5.31. The highest BCUT2D eigenvalue weighted by Gasteiger charge is 2.29. The molecule has 0 spiro atoms. The van der Waals surface area contributed by atoms with Gasteiger partial charge < -0.3 is 19.9 Å². The quantitative estimate of drug-likeness (QED) is 0.810. The van der Waals surface area contributed by atoms with Crippen molar-refractivity contribution in [2.24, 2.45) is 5.92 Å². The normalized spacial score (nSPS) is 14.3. The first-order valence-corrected chi connectivity index (χ1v) is 10.1. The molecule has 0 bridgehead atoms. The predicted octanol–water partition coefficient (Wildman–Crippen LogP) is 3.78. The van der Waals surface area contributed by atoms with E-state index in [4.69, 9.17) is 4.74 Å². The Morgan fingerprint density at radius 3 is 2.41 bits per heavy atom. The summed E-state index contributed by atoms with van der Waals surface area (Å²) in [5.41, 5.74) is 1.87. The summed E-state index contributed by atoms with van der Waals surface area (Å²) in [6, 6.07) is 17.2. The van der Waals surface area contributed by atoms with Crippen molar-refractivity contribution in [1.29, 1.82) is 0 Å². The Hall–Kier alpha value is -3.02. The van der Waals surface area contributed by atoms with Gasteiger partial charge in [0, 0.05) is 31.7 Å². The van der Waals surface area contributed by atoms with Gasteiger partial charge in [0.05, 0.1) is 6.54 Å². The number of rotatable bonds is 6. The van der Waals surface area contributed by atoms with Crippen LogP contribution in [0.25, 0.3) is 0 Å². The van der Waals surface area contributed by atoms with E-state index in [0.29, 0.717) is 39.1 Å². The molecular formula is C23H29N3O3. The van der Waals surface area contributed by atoms with E-state index in [2.05, 4.69) is 5.32 Å². The summed E-state index contributed by atoms with van der Waals surface area (Å²) in [5, 5.41) is 2.90. The molecule has 3 rings (SSSR count). The van der Waals surface area contributed by atoms with Crippen molar-refractivity contribution in [1.82, 2.24) is 9.80 Å². The zero-order valence-corrected chi connectivity index (χ0v) is 17.1. The number of hydrogen-bond acceptors (Lipinski definition) is 3. The second-order valence-corrected chi connectivity index (χ2v) is 7.43. The minimum Gasteiger partial charge on any atom is -0.491 e. The molecule has 1 aliphatic rings. The number of aryl methyl sites for hydroxylation is 1. The Labute approximate surface area is 172 Å². The standard InChI is InChI=1S/C23H29N3O3/c1-18-8-6-7-11-21(18)29-17-16-25(2)22(27)19-12-14-26(15-13-19)23(28)24-20-9-4-3-5-10-20/h3-11,19H,12-17H2,1-2H3,(H,24,28). The van der Waals surface area contributed by atoms with Gasteiger partial charge in [-0.15, -0.1) is 0 Å². The van der Waals surface area contributed by atoms with E-state index in [-0.39, 0.29) is 17.9 Å². The molecule has 0 aromatic heterocycles. The van der Waals surface area contributed by atoms with Gasteiger partial charge in [0.15, 0.2) is 0 Å². The lowest BCUT2D eigenvalue weighted by molar-refractivity contribution is -0.135. The molecule has 0 aliphatic carbocycles. The molecule has 0 saturated carbocycles. The van der Waals surface area contributed by atoms with Crippen molar-refractivity contribution in [2.75, 3.05) is 38.6 Å². The monoisotopic (exact) mass is 395 g/mol. The second kappa shape index (κ2) is 9.96. The lowest BCUT2D eigenvalue weighted by Gasteiger charge is -2.33. The second-order valence-electron chi connectivity index (χ2n) is 7.43. The number of likely N-dealkylation sites (tertiary alicyclic amines) is 1. The van der Waals surface area contributed by atoms with Gasteiger partial charge in [-0.2, -0.15) is 0 Å². The number of ether oxygens (including phenoxy) is 1. The SMILES string of the molecule is Cc1ccccc1OCCN(C)C(=O)C1CCN(C(=O)Nc2ccccc2)CC1. The summed E-state index contributed by atoms with van der Waals surface area (Å²) in [6.45, 7) is 4.18. The van der Waals surface area contributed by atoms with Crippen LogP contribution in [-0.4, -0.2) is 55.0 Å². The fraction of sp³-hybridized carbons (Fsp3) is 0.391. The van der Waals surface area contributed by atoms with Crippen molar-refractivity contribution < 1.29 is 14.3 Å². The predicted molar refractivity (Wildman–Crippen MR) is 114 cm³/mol. The van der Waals surface area contributed by atoms with Gasteiger partial charge in [-0.25, -0.2) is 4.79 Å². The number of para-hydroxylation sites is 2. The highest BCUT2D eigenvalue weighted by molar-refractivity contribution is 5.89. The number of likely N-dealkylation sites (N-methyl/N-ethyl adjacent to an activating group) is 1. The van der Waals surface area contributed by atoms with Crippen LogP contribution in [0.3, 0.4) is 0 Å². The number of urea groups is 1. The van der Waals surface area contributed by atoms with Crippen molar-refractivity contribution in [3.63, 3.8) is 0 Å². The Bertz CT molecular complexity index is 817. The van der Waals surface area contributed by atoms with E-state index in [0.717, 1.165) is 17.0 Å². The van der Waals surface area contributed by atoms with Gasteiger partial charge in [-0.1, -0.05) is 36.4 Å². The molecule has 29 heavy (non-hydrogen) atoms. The molecule has 6 nitrogen and oxygen atoms in total. The number of piperidine rings is 1. The number of amides is 3. The molecule has 3 amide bonds. The molecule has 0 atom stereocenters. The van der Waals surface area contributed by atoms with E-state index in [9.17, 15) is 9.59 Å². The molecule has 2 aromatic rings. The first kappa shape index (κ1) is 20.7. The molecule has 1 fully saturated rings. The summed E-state index contributed by atoms with van der Waals surface area (Å²) in [6.07, 6.45) is 1.37. The average Bonchev–Trinajstić information content (AvgIpc) is 2.75. The minimum absolute atomic E-state index is 0.0424. The van der Waals surface area contributed by atoms with E-state index in [1.807, 2.05) is 68.6 Å². The number of benzene rings is 2. The van der Waals surface area contributed by atoms with Gasteiger partial charge in [0.2, 0.25) is 5.91 Å². The first-order chi connectivity index (χ1) is 14.0. The van der Waals surface area contributed by atoms with Gasteiger partial charge in [-0.3, -0.25) is 4.79 Å². The maximum absolute atomic E-state index is 12.7. The van der Waals surface area contributed by atoms with Crippen molar-refractivity contribution >= 4 is 17.6 Å². The summed E-state index contributed by atoms with van der Waals surface area (Å²) in [4.78, 5) is 28.6. The summed E-state index contributed by atoms with van der Waals surface area (Å²) >= 11 is 0. The zero-order chi connectivity index (χ0) is 20.6. The number of nitrogens with zero attached hydrogens (tertiary/aromatic N) is 2. The molecule has 154 valence electrons. The highest BCUT2D eigenvalue weighted by atomic mass is 16.5. The number of hydrogen-bond donors (Lipinski definition) is 1. The largest absolute Gasteiger partial charge is 0.491 e. The highest BCUT2D eigenvalue weighted by Crippen LogP contribution is 2.21. The van der Waals surface area contributed by atoms with E-state index >= 15 is 0 Å². The van der Waals surface area contributed by atoms with Crippen LogP contribution >= 0.6 is 0 Å². The van der Waals surface area contributed by atoms with Gasteiger partial charge in [-0.05, 0) is 43.5 Å². The minimum atomic E-state index is -0.109. The van der Waals surface area contributed by atoms with Crippen LogP contribution in [-0.2, 0) is 4.79 Å². The molecule has 1 aliphatic heterocycles. The van der Waals surface area contributed by atoms with E-state index in [1.54, 1.807) is 9.80 Å². The van der Waals surface area contributed by atoms with Crippen LogP contribution in [0.15, 0.2) is 54.6 Å². The summed E-state index contributed by atoms with van der Waals surface area (Å²) in [5.74, 6) is 0.937. The van der Waals surface area contributed by atoms with Gasteiger partial charge in [0.1, 0.15) is 12.4 Å². The van der Waals surface area contributed by atoms with Crippen LogP contribution in [0.4, 0.5) is 10.5 Å². The molecule has 0 radical (unpaired) electrons. The molecule has 0 unspecified atom stereocenters. The molecular weight excluding hydrogens is 366 g/mol. The van der Waals surface area contributed by atoms with Crippen LogP contribution in [0, 0.1) is 12.8 Å². The number of carbonyl (C=O) groups is 2. The van der Waals surface area contributed by atoms with Crippen molar-refractivity contribution in [3.05, 3.63) is 60.2 Å². The smallest absolute Gasteiger partial charge is 0.321 e. The molecule has 1 heterocycles. The zero-order valence-electron chi connectivity index (χ0n) is 17.1. The van der Waals surface area contributed by atoms with Gasteiger partial charge in [0.25, 0.3) is 0 Å². The molecule has 1 N–H and O–H groups in total. The number of nitrogens with one attached hydrogen (secondary N) is 1. The van der Waals surface area contributed by atoms with Crippen LogP contribution < -0.4 is 10.1 Å².